The van der Waals surface area contributed by atoms with Gasteiger partial charge >= 0.3 is 0 Å². The lowest BCUT2D eigenvalue weighted by molar-refractivity contribution is -0.116. The lowest BCUT2D eigenvalue weighted by Crippen LogP contribution is -2.39. The number of hydrogen-bond donors (Lipinski definition) is 1. The molecule has 0 saturated heterocycles. The van der Waals surface area contributed by atoms with Gasteiger partial charge < -0.3 is 15.2 Å². The number of carbonyl (C=O) groups excluding carboxylic acids is 1. The highest BCUT2D eigenvalue weighted by atomic mass is 35.5. The molecule has 0 unspecified atom stereocenters. The Balaban J connectivity index is 2.72. The summed E-state index contributed by atoms with van der Waals surface area (Å²) in [6, 6.07) is 8.51. The fraction of sp³-hybridized carbons (Fsp3) is 0.188. The Morgan fingerprint density at radius 2 is 1.81 bits per heavy atom. The van der Waals surface area contributed by atoms with Crippen molar-refractivity contribution in [2.45, 2.75) is 4.90 Å². The van der Waals surface area contributed by atoms with E-state index in [0.29, 0.717) is 5.75 Å². The third kappa shape index (κ3) is 4.14. The van der Waals surface area contributed by atoms with E-state index in [-0.39, 0.29) is 26.4 Å². The number of anilines is 1. The van der Waals surface area contributed by atoms with Crippen molar-refractivity contribution < 1.29 is 22.7 Å². The highest BCUT2D eigenvalue weighted by Crippen LogP contribution is 2.37. The number of halogens is 2. The van der Waals surface area contributed by atoms with Crippen LogP contribution in [0.15, 0.2) is 41.3 Å². The number of rotatable bonds is 7. The highest BCUT2D eigenvalue weighted by molar-refractivity contribution is 7.93. The lowest BCUT2D eigenvalue weighted by atomic mass is 10.2. The smallest absolute Gasteiger partial charge is 0.266 e. The SMILES string of the molecule is COc1ccc(OC)c(N(CC(N)=O)S(=O)(=O)c2cc(Cl)ccc2Cl)c1. The number of nitrogens with two attached hydrogens (primary N) is 1. The second-order valence-corrected chi connectivity index (χ2v) is 7.76. The molecule has 2 aromatic carbocycles. The van der Waals surface area contributed by atoms with Gasteiger partial charge in [-0.3, -0.25) is 9.10 Å². The van der Waals surface area contributed by atoms with E-state index in [2.05, 4.69) is 0 Å². The summed E-state index contributed by atoms with van der Waals surface area (Å²) in [5.74, 6) is -0.298. The van der Waals surface area contributed by atoms with Crippen molar-refractivity contribution in [1.29, 1.82) is 0 Å². The average Bonchev–Trinajstić information content (AvgIpc) is 2.60. The summed E-state index contributed by atoms with van der Waals surface area (Å²) < 4.78 is 37.5. The van der Waals surface area contributed by atoms with Gasteiger partial charge in [0.15, 0.2) is 0 Å². The first-order valence-corrected chi connectivity index (χ1v) is 9.38. The summed E-state index contributed by atoms with van der Waals surface area (Å²) in [5.41, 5.74) is 5.33. The van der Waals surface area contributed by atoms with Gasteiger partial charge in [0, 0.05) is 11.1 Å². The van der Waals surface area contributed by atoms with E-state index in [0.717, 1.165) is 4.31 Å². The molecule has 140 valence electrons. The Kier molecular flexibility index (Phi) is 6.22. The van der Waals surface area contributed by atoms with Crippen molar-refractivity contribution >= 4 is 44.8 Å². The third-order valence-corrected chi connectivity index (χ3v) is 5.89. The molecule has 10 heteroatoms. The van der Waals surface area contributed by atoms with Crippen LogP contribution in [-0.2, 0) is 14.8 Å². The maximum atomic E-state index is 13.2. The summed E-state index contributed by atoms with van der Waals surface area (Å²) in [6.45, 7) is -0.630. The highest BCUT2D eigenvalue weighted by Gasteiger charge is 2.31. The number of methoxy groups -OCH3 is 2. The molecule has 26 heavy (non-hydrogen) atoms. The molecule has 0 spiro atoms. The van der Waals surface area contributed by atoms with Gasteiger partial charge in [0.25, 0.3) is 10.0 Å². The van der Waals surface area contributed by atoms with Gasteiger partial charge in [-0.05, 0) is 30.3 Å². The number of amides is 1. The van der Waals surface area contributed by atoms with Crippen molar-refractivity contribution in [1.82, 2.24) is 0 Å². The molecule has 1 amide bonds. The van der Waals surface area contributed by atoms with Crippen LogP contribution in [0.25, 0.3) is 0 Å². The Morgan fingerprint density at radius 3 is 2.38 bits per heavy atom. The van der Waals surface area contributed by atoms with Crippen LogP contribution in [0.1, 0.15) is 0 Å². The molecule has 0 radical (unpaired) electrons. The Labute approximate surface area is 161 Å². The number of ether oxygens (including phenoxy) is 2. The summed E-state index contributed by atoms with van der Waals surface area (Å²) in [5, 5.41) is 0.121. The summed E-state index contributed by atoms with van der Waals surface area (Å²) >= 11 is 12.0. The van der Waals surface area contributed by atoms with Gasteiger partial charge in [-0.25, -0.2) is 8.42 Å². The number of benzene rings is 2. The number of carbonyl (C=O) groups is 1. The Bertz CT molecular complexity index is 934. The van der Waals surface area contributed by atoms with Crippen molar-refractivity contribution in [3.63, 3.8) is 0 Å². The summed E-state index contributed by atoms with van der Waals surface area (Å²) in [4.78, 5) is 11.3. The summed E-state index contributed by atoms with van der Waals surface area (Å²) in [6.07, 6.45) is 0. The molecule has 0 aliphatic carbocycles. The molecule has 7 nitrogen and oxygen atoms in total. The predicted molar refractivity (Wildman–Crippen MR) is 99.7 cm³/mol. The molecule has 0 heterocycles. The minimum absolute atomic E-state index is 0.0502. The number of hydrogen-bond acceptors (Lipinski definition) is 5. The fourth-order valence-electron chi connectivity index (χ4n) is 2.23. The molecule has 2 rings (SSSR count). The van der Waals surface area contributed by atoms with E-state index < -0.39 is 22.5 Å². The first kappa shape index (κ1) is 20.2. The van der Waals surface area contributed by atoms with E-state index in [9.17, 15) is 13.2 Å². The molecule has 0 aromatic heterocycles. The maximum absolute atomic E-state index is 13.2. The molecule has 0 bridgehead atoms. The van der Waals surface area contributed by atoms with Gasteiger partial charge in [0.05, 0.1) is 24.9 Å². The number of primary amides is 1. The van der Waals surface area contributed by atoms with E-state index in [1.54, 1.807) is 6.07 Å². The van der Waals surface area contributed by atoms with Crippen molar-refractivity contribution in [2.24, 2.45) is 5.73 Å². The third-order valence-electron chi connectivity index (χ3n) is 3.42. The van der Waals surface area contributed by atoms with Crippen LogP contribution in [0.4, 0.5) is 5.69 Å². The van der Waals surface area contributed by atoms with Crippen molar-refractivity contribution in [3.8, 4) is 11.5 Å². The molecule has 0 saturated carbocycles. The molecular formula is C16H16Cl2N2O5S. The van der Waals surface area contributed by atoms with Crippen LogP contribution < -0.4 is 19.5 Å². The second-order valence-electron chi connectivity index (χ2n) is 5.09. The molecule has 0 aliphatic heterocycles. The zero-order valence-corrected chi connectivity index (χ0v) is 16.2. The van der Waals surface area contributed by atoms with Gasteiger partial charge in [-0.15, -0.1) is 0 Å². The molecule has 2 N–H and O–H groups in total. The fourth-order valence-corrected chi connectivity index (χ4v) is 4.40. The molecule has 0 aliphatic rings. The molecule has 0 atom stereocenters. The van der Waals surface area contributed by atoms with Gasteiger partial charge in [-0.2, -0.15) is 0 Å². The monoisotopic (exact) mass is 418 g/mol. The normalized spacial score (nSPS) is 11.1. The number of sulfonamides is 1. The van der Waals surface area contributed by atoms with Gasteiger partial charge in [-0.1, -0.05) is 23.2 Å². The van der Waals surface area contributed by atoms with E-state index in [4.69, 9.17) is 38.4 Å². The van der Waals surface area contributed by atoms with Gasteiger partial charge in [0.2, 0.25) is 5.91 Å². The first-order chi connectivity index (χ1) is 12.2. The van der Waals surface area contributed by atoms with Crippen LogP contribution in [-0.4, -0.2) is 35.1 Å². The van der Waals surface area contributed by atoms with Crippen molar-refractivity contribution in [3.05, 3.63) is 46.4 Å². The lowest BCUT2D eigenvalue weighted by Gasteiger charge is -2.25. The molecule has 0 fully saturated rings. The standard InChI is InChI=1S/C16H16Cl2N2O5S/c1-24-11-4-6-14(25-2)13(8-11)20(9-16(19)21)26(22,23)15-7-10(17)3-5-12(15)18/h3-8H,9H2,1-2H3,(H2,19,21). The van der Waals surface area contributed by atoms with Crippen LogP contribution in [0.2, 0.25) is 10.0 Å². The summed E-state index contributed by atoms with van der Waals surface area (Å²) in [7, 11) is -1.49. The predicted octanol–water partition coefficient (Wildman–Crippen LogP) is 2.69. The zero-order chi connectivity index (χ0) is 19.5. The zero-order valence-electron chi connectivity index (χ0n) is 13.9. The number of nitrogens with zero attached hydrogens (tertiary/aromatic N) is 1. The van der Waals surface area contributed by atoms with E-state index in [1.165, 1.54) is 44.6 Å². The molecule has 2 aromatic rings. The Hall–Kier alpha value is -2.16. The largest absolute Gasteiger partial charge is 0.497 e. The minimum atomic E-state index is -4.28. The topological polar surface area (TPSA) is 98.9 Å². The van der Waals surface area contributed by atoms with E-state index in [1.807, 2.05) is 0 Å². The van der Waals surface area contributed by atoms with E-state index >= 15 is 0 Å². The van der Waals surface area contributed by atoms with Crippen molar-refractivity contribution in [2.75, 3.05) is 25.1 Å². The Morgan fingerprint density at radius 1 is 1.12 bits per heavy atom. The second kappa shape index (κ2) is 8.03. The minimum Gasteiger partial charge on any atom is -0.497 e. The van der Waals surface area contributed by atoms with Gasteiger partial charge in [0.1, 0.15) is 22.9 Å². The van der Waals surface area contributed by atoms with Crippen LogP contribution >= 0.6 is 23.2 Å². The van der Waals surface area contributed by atoms with Crippen LogP contribution in [0.5, 0.6) is 11.5 Å². The quantitative estimate of drug-likeness (QED) is 0.744. The van der Waals surface area contributed by atoms with Crippen LogP contribution in [0, 0.1) is 0 Å². The van der Waals surface area contributed by atoms with Crippen LogP contribution in [0.3, 0.4) is 0 Å². The maximum Gasteiger partial charge on any atom is 0.266 e. The molecular weight excluding hydrogens is 403 g/mol. The average molecular weight is 419 g/mol. The first-order valence-electron chi connectivity index (χ1n) is 7.18.